The first kappa shape index (κ1) is 16.8. The van der Waals surface area contributed by atoms with E-state index < -0.39 is 0 Å². The Bertz CT molecular complexity index is 840. The Morgan fingerprint density at radius 2 is 2.15 bits per heavy atom. The van der Waals surface area contributed by atoms with Gasteiger partial charge >= 0.3 is 0 Å². The summed E-state index contributed by atoms with van der Waals surface area (Å²) in [6.07, 6.45) is 10.9. The summed E-state index contributed by atoms with van der Waals surface area (Å²) < 4.78 is 8.01. The van der Waals surface area contributed by atoms with Gasteiger partial charge in [-0.3, -0.25) is 4.79 Å². The quantitative estimate of drug-likeness (QED) is 0.831. The maximum atomic E-state index is 13.1. The Labute approximate surface area is 160 Å². The Morgan fingerprint density at radius 1 is 1.22 bits per heavy atom. The molecule has 5 nitrogen and oxygen atoms in total. The molecule has 0 unspecified atom stereocenters. The van der Waals surface area contributed by atoms with E-state index in [1.54, 1.807) is 0 Å². The molecule has 1 saturated heterocycles. The van der Waals surface area contributed by atoms with Crippen molar-refractivity contribution in [1.29, 1.82) is 0 Å². The number of fused-ring (bicyclic) bond motifs is 1. The number of imidazole rings is 1. The highest BCUT2D eigenvalue weighted by atomic mass is 16.5. The molecule has 2 fully saturated rings. The number of aromatic nitrogens is 2. The van der Waals surface area contributed by atoms with Crippen LogP contribution in [0.4, 0.5) is 0 Å². The molecule has 1 aromatic heterocycles. The minimum atomic E-state index is 0.147. The number of amides is 1. The number of rotatable bonds is 4. The highest BCUT2D eigenvalue weighted by molar-refractivity contribution is 5.94. The van der Waals surface area contributed by atoms with Crippen molar-refractivity contribution < 1.29 is 9.53 Å². The van der Waals surface area contributed by atoms with Gasteiger partial charge < -0.3 is 14.2 Å². The molecule has 1 aliphatic carbocycles. The van der Waals surface area contributed by atoms with Gasteiger partial charge in [-0.05, 0) is 68.2 Å². The largest absolute Gasteiger partial charge is 0.493 e. The first-order chi connectivity index (χ1) is 13.3. The topological polar surface area (TPSA) is 47.4 Å². The number of ether oxygens (including phenoxy) is 1. The average molecular weight is 365 g/mol. The van der Waals surface area contributed by atoms with Crippen molar-refractivity contribution >= 4 is 5.91 Å². The first-order valence-corrected chi connectivity index (χ1v) is 10.3. The summed E-state index contributed by atoms with van der Waals surface area (Å²) >= 11 is 0. The standard InChI is InChI=1S/C22H27N3O2/c26-22(18-7-8-20-17(13-18)4-2-12-27-20)25-10-1-3-19(15-25)21-23-9-11-24(21)14-16-5-6-16/h7-9,11,13,16,19H,1-6,10,12,14-15H2/t19-/m1/s1. The van der Waals surface area contributed by atoms with E-state index in [1.807, 2.05) is 29.3 Å². The van der Waals surface area contributed by atoms with Gasteiger partial charge in [0.2, 0.25) is 0 Å². The molecule has 3 heterocycles. The average Bonchev–Trinajstić information content (AvgIpc) is 3.42. The number of aryl methyl sites for hydroxylation is 1. The lowest BCUT2D eigenvalue weighted by molar-refractivity contribution is 0.0703. The number of nitrogens with zero attached hydrogens (tertiary/aromatic N) is 3. The maximum Gasteiger partial charge on any atom is 0.253 e. The van der Waals surface area contributed by atoms with Gasteiger partial charge in [-0.2, -0.15) is 0 Å². The highest BCUT2D eigenvalue weighted by Crippen LogP contribution is 2.33. The van der Waals surface area contributed by atoms with E-state index in [2.05, 4.69) is 15.7 Å². The zero-order valence-electron chi connectivity index (χ0n) is 15.8. The number of carbonyl (C=O) groups excluding carboxylic acids is 1. The Kier molecular flexibility index (Phi) is 4.38. The van der Waals surface area contributed by atoms with Gasteiger partial charge in [-0.1, -0.05) is 0 Å². The summed E-state index contributed by atoms with van der Waals surface area (Å²) in [6, 6.07) is 5.92. The van der Waals surface area contributed by atoms with E-state index in [-0.39, 0.29) is 5.91 Å². The second-order valence-electron chi connectivity index (χ2n) is 8.25. The molecule has 0 N–H and O–H groups in total. The van der Waals surface area contributed by atoms with Crippen LogP contribution in [0.1, 0.15) is 59.8 Å². The van der Waals surface area contributed by atoms with Gasteiger partial charge in [-0.15, -0.1) is 0 Å². The second-order valence-corrected chi connectivity index (χ2v) is 8.25. The first-order valence-electron chi connectivity index (χ1n) is 10.3. The zero-order chi connectivity index (χ0) is 18.2. The van der Waals surface area contributed by atoms with Crippen molar-refractivity contribution in [2.24, 2.45) is 5.92 Å². The summed E-state index contributed by atoms with van der Waals surface area (Å²) in [4.78, 5) is 19.8. The predicted octanol–water partition coefficient (Wildman–Crippen LogP) is 3.64. The molecule has 2 aromatic rings. The molecule has 1 amide bonds. The second kappa shape index (κ2) is 7.02. The van der Waals surface area contributed by atoms with Crippen LogP contribution in [0.2, 0.25) is 0 Å². The molecule has 2 aliphatic heterocycles. The van der Waals surface area contributed by atoms with Gasteiger partial charge in [0.05, 0.1) is 6.61 Å². The number of carbonyl (C=O) groups is 1. The van der Waals surface area contributed by atoms with Crippen molar-refractivity contribution in [1.82, 2.24) is 14.5 Å². The Hall–Kier alpha value is -2.30. The molecule has 1 saturated carbocycles. The molecule has 3 aliphatic rings. The van der Waals surface area contributed by atoms with Crippen LogP contribution in [0.25, 0.3) is 0 Å². The lowest BCUT2D eigenvalue weighted by atomic mass is 9.95. The summed E-state index contributed by atoms with van der Waals surface area (Å²) in [6.45, 7) is 3.48. The monoisotopic (exact) mass is 365 g/mol. The van der Waals surface area contributed by atoms with Crippen molar-refractivity contribution in [3.8, 4) is 5.75 Å². The fourth-order valence-corrected chi connectivity index (χ4v) is 4.46. The fraction of sp³-hybridized carbons (Fsp3) is 0.545. The van der Waals surface area contributed by atoms with E-state index in [0.29, 0.717) is 5.92 Å². The number of piperidine rings is 1. The van der Waals surface area contributed by atoms with Crippen LogP contribution < -0.4 is 4.74 Å². The molecule has 5 heteroatoms. The van der Waals surface area contributed by atoms with Crippen molar-refractivity contribution in [3.05, 3.63) is 47.5 Å². The summed E-state index contributed by atoms with van der Waals surface area (Å²) in [5, 5.41) is 0. The third-order valence-electron chi connectivity index (χ3n) is 6.13. The molecule has 0 bridgehead atoms. The van der Waals surface area contributed by atoms with Gasteiger partial charge in [0.15, 0.2) is 0 Å². The van der Waals surface area contributed by atoms with Gasteiger partial charge in [0.1, 0.15) is 11.6 Å². The third kappa shape index (κ3) is 3.47. The molecule has 5 rings (SSSR count). The van der Waals surface area contributed by atoms with Gasteiger partial charge in [0, 0.05) is 43.5 Å². The maximum absolute atomic E-state index is 13.1. The minimum absolute atomic E-state index is 0.147. The highest BCUT2D eigenvalue weighted by Gasteiger charge is 2.30. The van der Waals surface area contributed by atoms with E-state index in [4.69, 9.17) is 4.74 Å². The summed E-state index contributed by atoms with van der Waals surface area (Å²) in [7, 11) is 0. The molecule has 142 valence electrons. The van der Waals surface area contributed by atoms with Crippen LogP contribution in [0.3, 0.4) is 0 Å². The SMILES string of the molecule is O=C(c1ccc2c(c1)CCCO2)N1CCC[C@@H](c2nccn2CC2CC2)C1. The molecule has 0 radical (unpaired) electrons. The summed E-state index contributed by atoms with van der Waals surface area (Å²) in [5.41, 5.74) is 1.96. The van der Waals surface area contributed by atoms with Gasteiger partial charge in [-0.25, -0.2) is 4.98 Å². The number of likely N-dealkylation sites (tertiary alicyclic amines) is 1. The third-order valence-corrected chi connectivity index (χ3v) is 6.13. The van der Waals surface area contributed by atoms with E-state index in [1.165, 1.54) is 24.2 Å². The van der Waals surface area contributed by atoms with Crippen LogP contribution in [0.5, 0.6) is 5.75 Å². The van der Waals surface area contributed by atoms with Crippen molar-refractivity contribution in [3.63, 3.8) is 0 Å². The molecule has 1 aromatic carbocycles. The lowest BCUT2D eigenvalue weighted by Gasteiger charge is -2.33. The number of hydrogen-bond donors (Lipinski definition) is 0. The predicted molar refractivity (Wildman–Crippen MR) is 103 cm³/mol. The molecule has 27 heavy (non-hydrogen) atoms. The zero-order valence-corrected chi connectivity index (χ0v) is 15.8. The number of benzene rings is 1. The lowest BCUT2D eigenvalue weighted by Crippen LogP contribution is -2.39. The Balaban J connectivity index is 1.32. The van der Waals surface area contributed by atoms with Gasteiger partial charge in [0.25, 0.3) is 5.91 Å². The van der Waals surface area contributed by atoms with Crippen LogP contribution in [-0.2, 0) is 13.0 Å². The molecule has 1 atom stereocenters. The molecular weight excluding hydrogens is 338 g/mol. The van der Waals surface area contributed by atoms with Crippen LogP contribution in [0, 0.1) is 5.92 Å². The normalized spacial score (nSPS) is 22.2. The summed E-state index contributed by atoms with van der Waals surface area (Å²) in [5.74, 6) is 3.43. The Morgan fingerprint density at radius 3 is 3.04 bits per heavy atom. The molecule has 0 spiro atoms. The van der Waals surface area contributed by atoms with Crippen LogP contribution >= 0.6 is 0 Å². The van der Waals surface area contributed by atoms with Crippen molar-refractivity contribution in [2.75, 3.05) is 19.7 Å². The fourth-order valence-electron chi connectivity index (χ4n) is 4.46. The van der Waals surface area contributed by atoms with E-state index >= 15 is 0 Å². The molecular formula is C22H27N3O2. The van der Waals surface area contributed by atoms with Crippen LogP contribution in [0.15, 0.2) is 30.6 Å². The minimum Gasteiger partial charge on any atom is -0.493 e. The smallest absolute Gasteiger partial charge is 0.253 e. The van der Waals surface area contributed by atoms with E-state index in [0.717, 1.165) is 69.2 Å². The van der Waals surface area contributed by atoms with Crippen LogP contribution in [-0.4, -0.2) is 40.1 Å². The number of hydrogen-bond acceptors (Lipinski definition) is 3. The van der Waals surface area contributed by atoms with E-state index in [9.17, 15) is 4.79 Å². The van der Waals surface area contributed by atoms with Crippen molar-refractivity contribution in [2.45, 2.75) is 51.0 Å².